The molecule has 1 unspecified atom stereocenters. The van der Waals surface area contributed by atoms with Crippen LogP contribution in [0, 0.1) is 0 Å². The number of halogens is 1. The first-order valence-electron chi connectivity index (χ1n) is 10.8. The van der Waals surface area contributed by atoms with Crippen LogP contribution in [0.5, 0.6) is 17.2 Å². The Labute approximate surface area is 207 Å². The minimum atomic E-state index is -1.00. The fourth-order valence-electron chi connectivity index (χ4n) is 4.00. The lowest BCUT2D eigenvalue weighted by molar-refractivity contribution is -0.132. The Morgan fingerprint density at radius 2 is 1.83 bits per heavy atom. The number of ketones is 1. The van der Waals surface area contributed by atoms with Crippen LogP contribution >= 0.6 is 11.6 Å². The minimum Gasteiger partial charge on any atom is -0.507 e. The van der Waals surface area contributed by atoms with Crippen LogP contribution in [0.4, 0.5) is 5.69 Å². The van der Waals surface area contributed by atoms with Gasteiger partial charge in [0.05, 0.1) is 42.7 Å². The fourth-order valence-corrected chi connectivity index (χ4v) is 4.24. The molecule has 1 aliphatic rings. The van der Waals surface area contributed by atoms with Gasteiger partial charge in [-0.15, -0.1) is 0 Å². The second kappa shape index (κ2) is 10.1. The van der Waals surface area contributed by atoms with Crippen molar-refractivity contribution < 1.29 is 28.9 Å². The molecule has 180 valence electrons. The summed E-state index contributed by atoms with van der Waals surface area (Å²) < 4.78 is 16.2. The molecule has 0 bridgehead atoms. The van der Waals surface area contributed by atoms with E-state index >= 15 is 0 Å². The standard InChI is InChI=1S/C26H23ClN2O6/c1-4-35-16-9-7-8-15(12-16)29-23(19-10-5-6-11-28-19)22(25(31)26(29)32)24(30)17-13-18(27)21(34-3)14-20(17)33-2/h5-14,23,30H,4H2,1-3H3/b24-22+. The lowest BCUT2D eigenvalue weighted by atomic mass is 9.97. The molecule has 0 radical (unpaired) electrons. The van der Waals surface area contributed by atoms with Gasteiger partial charge in [-0.05, 0) is 37.3 Å². The van der Waals surface area contributed by atoms with Crippen LogP contribution in [0.15, 0.2) is 66.4 Å². The van der Waals surface area contributed by atoms with E-state index in [1.807, 2.05) is 6.92 Å². The zero-order valence-electron chi connectivity index (χ0n) is 19.3. The van der Waals surface area contributed by atoms with Crippen LogP contribution in [0.1, 0.15) is 24.2 Å². The highest BCUT2D eigenvalue weighted by Crippen LogP contribution is 2.44. The molecule has 1 amide bonds. The number of pyridine rings is 1. The zero-order chi connectivity index (χ0) is 25.1. The van der Waals surface area contributed by atoms with E-state index in [1.165, 1.54) is 31.3 Å². The number of rotatable bonds is 7. The second-order valence-corrected chi connectivity index (χ2v) is 7.95. The van der Waals surface area contributed by atoms with Gasteiger partial charge in [0, 0.05) is 24.0 Å². The monoisotopic (exact) mass is 494 g/mol. The van der Waals surface area contributed by atoms with Crippen molar-refractivity contribution in [2.75, 3.05) is 25.7 Å². The normalized spacial score (nSPS) is 16.9. The van der Waals surface area contributed by atoms with Gasteiger partial charge in [-0.2, -0.15) is 0 Å². The Hall–Kier alpha value is -4.04. The summed E-state index contributed by atoms with van der Waals surface area (Å²) in [7, 11) is 2.86. The van der Waals surface area contributed by atoms with Crippen LogP contribution < -0.4 is 19.1 Å². The Kier molecular flexibility index (Phi) is 6.93. The zero-order valence-corrected chi connectivity index (χ0v) is 20.1. The number of hydrogen-bond donors (Lipinski definition) is 1. The number of aromatic nitrogens is 1. The molecule has 8 nitrogen and oxygen atoms in total. The van der Waals surface area contributed by atoms with Crippen molar-refractivity contribution in [3.05, 3.63) is 82.6 Å². The van der Waals surface area contributed by atoms with E-state index < -0.39 is 23.5 Å². The van der Waals surface area contributed by atoms with Gasteiger partial charge < -0.3 is 19.3 Å². The van der Waals surface area contributed by atoms with Gasteiger partial charge in [0.2, 0.25) is 0 Å². The van der Waals surface area contributed by atoms with Crippen molar-refractivity contribution in [2.45, 2.75) is 13.0 Å². The summed E-state index contributed by atoms with van der Waals surface area (Å²) in [6, 6.07) is 13.9. The average molecular weight is 495 g/mol. The van der Waals surface area contributed by atoms with Gasteiger partial charge >= 0.3 is 0 Å². The summed E-state index contributed by atoms with van der Waals surface area (Å²) in [4.78, 5) is 32.3. The number of nitrogens with zero attached hydrogens (tertiary/aromatic N) is 2. The number of amides is 1. The topological polar surface area (TPSA) is 98.2 Å². The fraction of sp³-hybridized carbons (Fsp3) is 0.192. The van der Waals surface area contributed by atoms with Crippen molar-refractivity contribution >= 4 is 34.7 Å². The van der Waals surface area contributed by atoms with E-state index in [0.717, 1.165) is 0 Å². The predicted molar refractivity (Wildman–Crippen MR) is 131 cm³/mol. The highest BCUT2D eigenvalue weighted by atomic mass is 35.5. The number of methoxy groups -OCH3 is 2. The van der Waals surface area contributed by atoms with Crippen molar-refractivity contribution in [1.82, 2.24) is 4.98 Å². The molecule has 1 aliphatic heterocycles. The van der Waals surface area contributed by atoms with Gasteiger partial charge in [-0.1, -0.05) is 23.7 Å². The average Bonchev–Trinajstić information content (AvgIpc) is 3.14. The molecule has 2 heterocycles. The molecule has 1 fully saturated rings. The van der Waals surface area contributed by atoms with Gasteiger partial charge in [-0.25, -0.2) is 0 Å². The Bertz CT molecular complexity index is 1310. The van der Waals surface area contributed by atoms with E-state index in [4.69, 9.17) is 25.8 Å². The van der Waals surface area contributed by atoms with Crippen molar-refractivity contribution in [1.29, 1.82) is 0 Å². The molecule has 0 saturated carbocycles. The molecule has 35 heavy (non-hydrogen) atoms. The van der Waals surface area contributed by atoms with Crippen LogP contribution in [-0.4, -0.2) is 42.6 Å². The summed E-state index contributed by atoms with van der Waals surface area (Å²) in [6.07, 6.45) is 1.55. The summed E-state index contributed by atoms with van der Waals surface area (Å²) in [5.74, 6) is -1.04. The molecule has 1 N–H and O–H groups in total. The van der Waals surface area contributed by atoms with E-state index in [0.29, 0.717) is 29.5 Å². The molecule has 0 spiro atoms. The Balaban J connectivity index is 1.95. The largest absolute Gasteiger partial charge is 0.507 e. The highest BCUT2D eigenvalue weighted by Gasteiger charge is 2.48. The molecule has 9 heteroatoms. The van der Waals surface area contributed by atoms with Crippen LogP contribution in [0.2, 0.25) is 5.02 Å². The Morgan fingerprint density at radius 3 is 2.49 bits per heavy atom. The summed E-state index contributed by atoms with van der Waals surface area (Å²) >= 11 is 6.30. The maximum Gasteiger partial charge on any atom is 0.300 e. The predicted octanol–water partition coefficient (Wildman–Crippen LogP) is 4.78. The molecular weight excluding hydrogens is 472 g/mol. The molecular formula is C26H23ClN2O6. The lowest BCUT2D eigenvalue weighted by Gasteiger charge is -2.25. The van der Waals surface area contributed by atoms with Crippen molar-refractivity contribution in [2.24, 2.45) is 0 Å². The Morgan fingerprint density at radius 1 is 1.06 bits per heavy atom. The number of ether oxygens (including phenoxy) is 3. The van der Waals surface area contributed by atoms with Crippen LogP contribution in [-0.2, 0) is 9.59 Å². The number of aliphatic hydroxyl groups is 1. The number of hydrogen-bond acceptors (Lipinski definition) is 7. The van der Waals surface area contributed by atoms with E-state index in [9.17, 15) is 14.7 Å². The SMILES string of the molecule is CCOc1cccc(N2C(=O)C(=O)/C(=C(/O)c3cc(Cl)c(OC)cc3OC)C2c2ccccn2)c1. The molecule has 0 aliphatic carbocycles. The maximum absolute atomic E-state index is 13.3. The molecule has 1 atom stereocenters. The van der Waals surface area contributed by atoms with Crippen LogP contribution in [0.25, 0.3) is 5.76 Å². The first-order valence-corrected chi connectivity index (χ1v) is 11.2. The number of carbonyl (C=O) groups is 2. The third-order valence-electron chi connectivity index (χ3n) is 5.55. The molecule has 2 aromatic carbocycles. The first kappa shape index (κ1) is 24.1. The van der Waals surface area contributed by atoms with E-state index in [1.54, 1.807) is 48.7 Å². The van der Waals surface area contributed by atoms with Crippen molar-refractivity contribution in [3.8, 4) is 17.2 Å². The maximum atomic E-state index is 13.3. The number of Topliss-reactive ketones (excluding diaryl/α,β-unsaturated/α-hetero) is 1. The number of aliphatic hydroxyl groups excluding tert-OH is 1. The highest BCUT2D eigenvalue weighted by molar-refractivity contribution is 6.51. The van der Waals surface area contributed by atoms with E-state index in [-0.39, 0.29) is 21.9 Å². The van der Waals surface area contributed by atoms with Gasteiger partial charge in [0.1, 0.15) is 29.0 Å². The lowest BCUT2D eigenvalue weighted by Crippen LogP contribution is -2.29. The number of anilines is 1. The van der Waals surface area contributed by atoms with Gasteiger partial charge in [-0.3, -0.25) is 19.5 Å². The third kappa shape index (κ3) is 4.40. The van der Waals surface area contributed by atoms with Crippen LogP contribution in [0.3, 0.4) is 0 Å². The van der Waals surface area contributed by atoms with Crippen molar-refractivity contribution in [3.63, 3.8) is 0 Å². The van der Waals surface area contributed by atoms with E-state index in [2.05, 4.69) is 4.98 Å². The minimum absolute atomic E-state index is 0.139. The summed E-state index contributed by atoms with van der Waals surface area (Å²) in [6.45, 7) is 2.28. The van der Waals surface area contributed by atoms with Gasteiger partial charge in [0.15, 0.2) is 0 Å². The number of benzene rings is 2. The molecule has 3 aromatic rings. The first-order chi connectivity index (χ1) is 16.9. The third-order valence-corrected chi connectivity index (χ3v) is 5.84. The quantitative estimate of drug-likeness (QED) is 0.287. The summed E-state index contributed by atoms with van der Waals surface area (Å²) in [5.41, 5.74) is 0.816. The smallest absolute Gasteiger partial charge is 0.300 e. The van der Waals surface area contributed by atoms with Gasteiger partial charge in [0.25, 0.3) is 11.7 Å². The second-order valence-electron chi connectivity index (χ2n) is 7.54. The number of carbonyl (C=O) groups excluding carboxylic acids is 2. The molecule has 4 rings (SSSR count). The summed E-state index contributed by atoms with van der Waals surface area (Å²) in [5, 5.41) is 11.6. The molecule has 1 aromatic heterocycles. The molecule has 1 saturated heterocycles.